The standard InChI is InChI=1S/C12H20N2/c1-4-5-6-9-14-10-7-8-12(2,3)11-13/h14H,6-10H2,1-3H3. The first-order chi connectivity index (χ1) is 6.62. The molecule has 0 amide bonds. The lowest BCUT2D eigenvalue weighted by Gasteiger charge is -2.14. The molecule has 2 nitrogen and oxygen atoms in total. The van der Waals surface area contributed by atoms with Gasteiger partial charge in [-0.3, -0.25) is 0 Å². The highest BCUT2D eigenvalue weighted by Gasteiger charge is 2.14. The lowest BCUT2D eigenvalue weighted by Crippen LogP contribution is -2.18. The summed E-state index contributed by atoms with van der Waals surface area (Å²) >= 11 is 0. The lowest BCUT2D eigenvalue weighted by atomic mass is 9.90. The van der Waals surface area contributed by atoms with Gasteiger partial charge in [-0.1, -0.05) is 0 Å². The highest BCUT2D eigenvalue weighted by molar-refractivity contribution is 4.95. The van der Waals surface area contributed by atoms with Gasteiger partial charge in [-0.25, -0.2) is 0 Å². The maximum atomic E-state index is 8.78. The summed E-state index contributed by atoms with van der Waals surface area (Å²) in [5, 5.41) is 12.1. The van der Waals surface area contributed by atoms with Crippen LogP contribution in [-0.4, -0.2) is 13.1 Å². The SMILES string of the molecule is CC#CCCNCCCC(C)(C)C#N. The van der Waals surface area contributed by atoms with E-state index in [0.29, 0.717) is 0 Å². The Bertz CT molecular complexity index is 237. The van der Waals surface area contributed by atoms with Crippen molar-refractivity contribution in [1.82, 2.24) is 5.32 Å². The Kier molecular flexibility index (Phi) is 6.89. The van der Waals surface area contributed by atoms with E-state index in [0.717, 1.165) is 32.4 Å². The summed E-state index contributed by atoms with van der Waals surface area (Å²) in [4.78, 5) is 0. The van der Waals surface area contributed by atoms with Crippen LogP contribution in [0, 0.1) is 28.6 Å². The fourth-order valence-electron chi connectivity index (χ4n) is 1.11. The van der Waals surface area contributed by atoms with Gasteiger partial charge in [0.25, 0.3) is 0 Å². The Hall–Kier alpha value is -0.990. The van der Waals surface area contributed by atoms with Gasteiger partial charge in [0.05, 0.1) is 11.5 Å². The van der Waals surface area contributed by atoms with E-state index < -0.39 is 0 Å². The Morgan fingerprint density at radius 1 is 1.29 bits per heavy atom. The largest absolute Gasteiger partial charge is 0.316 e. The summed E-state index contributed by atoms with van der Waals surface area (Å²) < 4.78 is 0. The molecule has 0 aromatic rings. The third-order valence-corrected chi connectivity index (χ3v) is 2.06. The van der Waals surface area contributed by atoms with Gasteiger partial charge in [-0.05, 0) is 40.2 Å². The molecule has 0 aliphatic rings. The summed E-state index contributed by atoms with van der Waals surface area (Å²) in [5.74, 6) is 5.86. The van der Waals surface area contributed by atoms with Crippen LogP contribution in [0.15, 0.2) is 0 Å². The molecule has 0 atom stereocenters. The average Bonchev–Trinajstić information content (AvgIpc) is 2.16. The van der Waals surface area contributed by atoms with E-state index in [1.165, 1.54) is 0 Å². The van der Waals surface area contributed by atoms with Crippen molar-refractivity contribution in [3.8, 4) is 17.9 Å². The van der Waals surface area contributed by atoms with Crippen molar-refractivity contribution in [2.24, 2.45) is 5.41 Å². The van der Waals surface area contributed by atoms with E-state index in [-0.39, 0.29) is 5.41 Å². The van der Waals surface area contributed by atoms with Crippen LogP contribution >= 0.6 is 0 Å². The highest BCUT2D eigenvalue weighted by atomic mass is 14.8. The topological polar surface area (TPSA) is 35.8 Å². The molecule has 0 radical (unpaired) electrons. The number of rotatable bonds is 6. The molecule has 0 saturated carbocycles. The molecule has 0 aliphatic carbocycles. The third kappa shape index (κ3) is 7.65. The second kappa shape index (κ2) is 7.42. The number of nitriles is 1. The quantitative estimate of drug-likeness (QED) is 0.518. The second-order valence-electron chi connectivity index (χ2n) is 4.03. The minimum absolute atomic E-state index is 0.176. The van der Waals surface area contributed by atoms with Gasteiger partial charge in [-0.2, -0.15) is 5.26 Å². The van der Waals surface area contributed by atoms with Gasteiger partial charge >= 0.3 is 0 Å². The van der Waals surface area contributed by atoms with Gasteiger partial charge in [0, 0.05) is 13.0 Å². The molecule has 14 heavy (non-hydrogen) atoms. The Morgan fingerprint density at radius 3 is 2.57 bits per heavy atom. The highest BCUT2D eigenvalue weighted by Crippen LogP contribution is 2.19. The summed E-state index contributed by atoms with van der Waals surface area (Å²) in [7, 11) is 0. The minimum Gasteiger partial charge on any atom is -0.316 e. The Morgan fingerprint density at radius 2 is 2.00 bits per heavy atom. The predicted molar refractivity (Wildman–Crippen MR) is 59.6 cm³/mol. The van der Waals surface area contributed by atoms with Crippen molar-refractivity contribution in [1.29, 1.82) is 5.26 Å². The summed E-state index contributed by atoms with van der Waals surface area (Å²) in [5.41, 5.74) is -0.176. The molecule has 2 heteroatoms. The van der Waals surface area contributed by atoms with Gasteiger partial charge in [0.15, 0.2) is 0 Å². The first-order valence-corrected chi connectivity index (χ1v) is 5.14. The zero-order valence-corrected chi connectivity index (χ0v) is 9.48. The van der Waals surface area contributed by atoms with Crippen molar-refractivity contribution in [2.45, 2.75) is 40.0 Å². The van der Waals surface area contributed by atoms with Crippen LogP contribution in [0.25, 0.3) is 0 Å². The van der Waals surface area contributed by atoms with Crippen LogP contribution in [0.2, 0.25) is 0 Å². The van der Waals surface area contributed by atoms with Crippen LogP contribution in [0.3, 0.4) is 0 Å². The summed E-state index contributed by atoms with van der Waals surface area (Å²) in [6.07, 6.45) is 2.92. The average molecular weight is 192 g/mol. The molecule has 0 aromatic carbocycles. The molecule has 0 aliphatic heterocycles. The molecular weight excluding hydrogens is 172 g/mol. The smallest absolute Gasteiger partial charge is 0.0683 e. The van der Waals surface area contributed by atoms with Crippen LogP contribution in [0.1, 0.15) is 40.0 Å². The molecule has 78 valence electrons. The van der Waals surface area contributed by atoms with Crippen LogP contribution < -0.4 is 5.32 Å². The predicted octanol–water partition coefficient (Wildman–Crippen LogP) is 2.32. The third-order valence-electron chi connectivity index (χ3n) is 2.06. The van der Waals surface area contributed by atoms with Crippen LogP contribution in [-0.2, 0) is 0 Å². The van der Waals surface area contributed by atoms with Crippen molar-refractivity contribution in [3.63, 3.8) is 0 Å². The summed E-state index contributed by atoms with van der Waals surface area (Å²) in [6, 6.07) is 2.30. The molecular formula is C12H20N2. The Labute approximate surface area is 87.7 Å². The number of hydrogen-bond acceptors (Lipinski definition) is 2. The molecule has 0 spiro atoms. The zero-order valence-electron chi connectivity index (χ0n) is 9.48. The van der Waals surface area contributed by atoms with Gasteiger partial charge in [0.1, 0.15) is 0 Å². The monoisotopic (exact) mass is 192 g/mol. The van der Waals surface area contributed by atoms with Crippen LogP contribution in [0.4, 0.5) is 0 Å². The maximum absolute atomic E-state index is 8.78. The second-order valence-corrected chi connectivity index (χ2v) is 4.03. The molecule has 0 rings (SSSR count). The van der Waals surface area contributed by atoms with E-state index in [1.54, 1.807) is 0 Å². The molecule has 0 aromatic heterocycles. The lowest BCUT2D eigenvalue weighted by molar-refractivity contribution is 0.427. The van der Waals surface area contributed by atoms with Gasteiger partial charge in [-0.15, -0.1) is 11.8 Å². The van der Waals surface area contributed by atoms with Crippen LogP contribution in [0.5, 0.6) is 0 Å². The number of nitrogens with zero attached hydrogens (tertiary/aromatic N) is 1. The van der Waals surface area contributed by atoms with Crippen molar-refractivity contribution >= 4 is 0 Å². The zero-order chi connectivity index (χ0) is 10.9. The maximum Gasteiger partial charge on any atom is 0.0683 e. The van der Waals surface area contributed by atoms with Crippen molar-refractivity contribution < 1.29 is 0 Å². The fraction of sp³-hybridized carbons (Fsp3) is 0.750. The van der Waals surface area contributed by atoms with E-state index >= 15 is 0 Å². The van der Waals surface area contributed by atoms with Crippen molar-refractivity contribution in [2.75, 3.05) is 13.1 Å². The first-order valence-electron chi connectivity index (χ1n) is 5.14. The molecule has 0 bridgehead atoms. The van der Waals surface area contributed by atoms with Crippen molar-refractivity contribution in [3.05, 3.63) is 0 Å². The molecule has 0 saturated heterocycles. The van der Waals surface area contributed by atoms with Gasteiger partial charge in [0.2, 0.25) is 0 Å². The van der Waals surface area contributed by atoms with E-state index in [9.17, 15) is 0 Å². The first kappa shape index (κ1) is 13.0. The molecule has 0 fully saturated rings. The number of nitrogens with one attached hydrogen (secondary N) is 1. The summed E-state index contributed by atoms with van der Waals surface area (Å²) in [6.45, 7) is 7.75. The molecule has 0 unspecified atom stereocenters. The Balaban J connectivity index is 3.29. The van der Waals surface area contributed by atoms with E-state index in [1.807, 2.05) is 20.8 Å². The van der Waals surface area contributed by atoms with E-state index in [4.69, 9.17) is 5.26 Å². The minimum atomic E-state index is -0.176. The normalized spacial score (nSPS) is 10.1. The van der Waals surface area contributed by atoms with E-state index in [2.05, 4.69) is 23.2 Å². The molecule has 1 N–H and O–H groups in total. The molecule has 0 heterocycles. The fourth-order valence-corrected chi connectivity index (χ4v) is 1.11. The van der Waals surface area contributed by atoms with Gasteiger partial charge < -0.3 is 5.32 Å². The number of hydrogen-bond donors (Lipinski definition) is 1.